The monoisotopic (exact) mass is 321 g/mol. The van der Waals surface area contributed by atoms with Crippen molar-refractivity contribution in [3.05, 3.63) is 18.2 Å². The highest BCUT2D eigenvalue weighted by atomic mass is 16.5. The van der Waals surface area contributed by atoms with Gasteiger partial charge in [-0.3, -0.25) is 4.99 Å². The summed E-state index contributed by atoms with van der Waals surface area (Å²) in [6, 6.07) is 5.43. The molecule has 4 N–H and O–H groups in total. The average molecular weight is 321 g/mol. The van der Waals surface area contributed by atoms with Crippen LogP contribution in [-0.4, -0.2) is 37.9 Å². The van der Waals surface area contributed by atoms with E-state index in [1.807, 2.05) is 6.07 Å². The van der Waals surface area contributed by atoms with Crippen LogP contribution in [-0.2, 0) is 0 Å². The van der Waals surface area contributed by atoms with Crippen molar-refractivity contribution in [1.29, 1.82) is 0 Å². The summed E-state index contributed by atoms with van der Waals surface area (Å²) in [6.45, 7) is 2.57. The Bertz CT molecular complexity index is 562. The van der Waals surface area contributed by atoms with E-state index in [9.17, 15) is 5.11 Å². The third-order valence-electron chi connectivity index (χ3n) is 4.56. The molecule has 0 heterocycles. The highest BCUT2D eigenvalue weighted by Crippen LogP contribution is 2.36. The second kappa shape index (κ2) is 7.55. The Morgan fingerprint density at radius 2 is 2.17 bits per heavy atom. The van der Waals surface area contributed by atoms with Gasteiger partial charge in [-0.2, -0.15) is 0 Å². The van der Waals surface area contributed by atoms with Crippen LogP contribution in [0.1, 0.15) is 32.6 Å². The van der Waals surface area contributed by atoms with Gasteiger partial charge in [0, 0.05) is 11.5 Å². The molecule has 2 unspecified atom stereocenters. The smallest absolute Gasteiger partial charge is 0.193 e. The summed E-state index contributed by atoms with van der Waals surface area (Å²) < 4.78 is 10.5. The van der Waals surface area contributed by atoms with Gasteiger partial charge < -0.3 is 25.6 Å². The van der Waals surface area contributed by atoms with Crippen molar-refractivity contribution >= 4 is 11.6 Å². The predicted octanol–water partition coefficient (Wildman–Crippen LogP) is 2.37. The third-order valence-corrected chi connectivity index (χ3v) is 4.56. The summed E-state index contributed by atoms with van der Waals surface area (Å²) in [5, 5.41) is 13.3. The quantitative estimate of drug-likeness (QED) is 0.572. The zero-order valence-corrected chi connectivity index (χ0v) is 14.1. The van der Waals surface area contributed by atoms with Crippen molar-refractivity contribution in [2.45, 2.75) is 38.7 Å². The molecule has 1 aromatic rings. The van der Waals surface area contributed by atoms with Gasteiger partial charge in [0.05, 0.1) is 32.6 Å². The molecule has 1 saturated carbocycles. The van der Waals surface area contributed by atoms with Gasteiger partial charge in [-0.25, -0.2) is 0 Å². The van der Waals surface area contributed by atoms with Crippen LogP contribution >= 0.6 is 0 Å². The summed E-state index contributed by atoms with van der Waals surface area (Å²) >= 11 is 0. The molecular weight excluding hydrogens is 294 g/mol. The zero-order valence-electron chi connectivity index (χ0n) is 14.1. The first-order valence-electron chi connectivity index (χ1n) is 7.95. The molecule has 0 radical (unpaired) electrons. The van der Waals surface area contributed by atoms with Gasteiger partial charge in [-0.15, -0.1) is 0 Å². The minimum atomic E-state index is -0.320. The lowest BCUT2D eigenvalue weighted by Gasteiger charge is -2.37. The van der Waals surface area contributed by atoms with Gasteiger partial charge in [0.15, 0.2) is 5.96 Å². The molecule has 0 amide bonds. The number of anilines is 1. The van der Waals surface area contributed by atoms with Crippen LogP contribution in [0.25, 0.3) is 0 Å². The van der Waals surface area contributed by atoms with Crippen molar-refractivity contribution in [2.24, 2.45) is 16.1 Å². The number of benzene rings is 1. The molecule has 23 heavy (non-hydrogen) atoms. The Morgan fingerprint density at radius 3 is 2.83 bits per heavy atom. The van der Waals surface area contributed by atoms with Gasteiger partial charge >= 0.3 is 0 Å². The molecule has 0 saturated heterocycles. The van der Waals surface area contributed by atoms with Gasteiger partial charge in [0.25, 0.3) is 0 Å². The SMILES string of the molecule is COc1ccc(OC)c(NC(N)=NCC2(C)CCCCC2O)c1. The maximum atomic E-state index is 10.2. The molecule has 6 nitrogen and oxygen atoms in total. The highest BCUT2D eigenvalue weighted by molar-refractivity contribution is 5.94. The van der Waals surface area contributed by atoms with E-state index in [4.69, 9.17) is 15.2 Å². The van der Waals surface area contributed by atoms with E-state index in [0.29, 0.717) is 29.7 Å². The summed E-state index contributed by atoms with van der Waals surface area (Å²) in [7, 11) is 3.20. The molecule has 1 aromatic carbocycles. The Morgan fingerprint density at radius 1 is 1.39 bits per heavy atom. The fourth-order valence-corrected chi connectivity index (χ4v) is 2.92. The summed E-state index contributed by atoms with van der Waals surface area (Å²) in [5.41, 5.74) is 6.49. The lowest BCUT2D eigenvalue weighted by molar-refractivity contribution is 0.00724. The van der Waals surface area contributed by atoms with Crippen LogP contribution in [0.4, 0.5) is 5.69 Å². The molecule has 1 fully saturated rings. The van der Waals surface area contributed by atoms with Crippen LogP contribution in [0.2, 0.25) is 0 Å². The maximum absolute atomic E-state index is 10.2. The second-order valence-corrected chi connectivity index (χ2v) is 6.31. The molecule has 0 aromatic heterocycles. The minimum Gasteiger partial charge on any atom is -0.497 e. The summed E-state index contributed by atoms with van der Waals surface area (Å²) in [6.07, 6.45) is 3.69. The maximum Gasteiger partial charge on any atom is 0.193 e. The molecule has 0 aliphatic heterocycles. The number of ether oxygens (including phenoxy) is 2. The molecule has 0 bridgehead atoms. The summed E-state index contributed by atoms with van der Waals surface area (Å²) in [4.78, 5) is 4.42. The third kappa shape index (κ3) is 4.28. The number of nitrogens with zero attached hydrogens (tertiary/aromatic N) is 1. The van der Waals surface area contributed by atoms with Crippen molar-refractivity contribution in [1.82, 2.24) is 0 Å². The molecular formula is C17H27N3O3. The van der Waals surface area contributed by atoms with E-state index < -0.39 is 0 Å². The number of rotatable bonds is 5. The Labute approximate surface area is 137 Å². The Balaban J connectivity index is 2.07. The van der Waals surface area contributed by atoms with Crippen LogP contribution in [0, 0.1) is 5.41 Å². The molecule has 1 aliphatic carbocycles. The number of nitrogens with two attached hydrogens (primary N) is 1. The molecule has 0 spiro atoms. The molecule has 1 aliphatic rings. The first kappa shape index (κ1) is 17.4. The number of hydrogen-bond acceptors (Lipinski definition) is 4. The fraction of sp³-hybridized carbons (Fsp3) is 0.588. The topological polar surface area (TPSA) is 89.1 Å². The van der Waals surface area contributed by atoms with Crippen molar-refractivity contribution in [3.63, 3.8) is 0 Å². The highest BCUT2D eigenvalue weighted by Gasteiger charge is 2.35. The van der Waals surface area contributed by atoms with Gasteiger partial charge in [-0.05, 0) is 25.0 Å². The Hall–Kier alpha value is -1.95. The normalized spacial score (nSPS) is 25.0. The average Bonchev–Trinajstić information content (AvgIpc) is 2.56. The number of aliphatic hydroxyl groups excluding tert-OH is 1. The molecule has 2 atom stereocenters. The van der Waals surface area contributed by atoms with E-state index >= 15 is 0 Å². The van der Waals surface area contributed by atoms with Crippen LogP contribution in [0.3, 0.4) is 0 Å². The van der Waals surface area contributed by atoms with E-state index in [2.05, 4.69) is 17.2 Å². The van der Waals surface area contributed by atoms with Crippen molar-refractivity contribution < 1.29 is 14.6 Å². The fourth-order valence-electron chi connectivity index (χ4n) is 2.92. The first-order chi connectivity index (χ1) is 11.0. The number of aliphatic hydroxyl groups is 1. The van der Waals surface area contributed by atoms with E-state index in [1.165, 1.54) is 0 Å². The first-order valence-corrected chi connectivity index (χ1v) is 7.95. The number of aliphatic imine (C=N–C) groups is 1. The van der Waals surface area contributed by atoms with Crippen LogP contribution in [0.15, 0.2) is 23.2 Å². The summed E-state index contributed by atoms with van der Waals surface area (Å²) in [5.74, 6) is 1.67. The molecule has 6 heteroatoms. The largest absolute Gasteiger partial charge is 0.497 e. The lowest BCUT2D eigenvalue weighted by Crippen LogP contribution is -2.39. The minimum absolute atomic E-state index is 0.205. The number of hydrogen-bond donors (Lipinski definition) is 3. The standard InChI is InChI=1S/C17H27N3O3/c1-17(9-5-4-6-15(17)21)11-19-16(18)20-13-10-12(22-2)7-8-14(13)23-3/h7-8,10,15,21H,4-6,9,11H2,1-3H3,(H3,18,19,20). The van der Waals surface area contributed by atoms with E-state index in [1.54, 1.807) is 26.4 Å². The van der Waals surface area contributed by atoms with E-state index in [-0.39, 0.29) is 11.5 Å². The number of methoxy groups -OCH3 is 2. The predicted molar refractivity (Wildman–Crippen MR) is 92.2 cm³/mol. The zero-order chi connectivity index (χ0) is 16.9. The number of nitrogens with one attached hydrogen (secondary N) is 1. The van der Waals surface area contributed by atoms with Crippen LogP contribution < -0.4 is 20.5 Å². The molecule has 2 rings (SSSR count). The lowest BCUT2D eigenvalue weighted by atomic mass is 9.73. The molecule has 128 valence electrons. The second-order valence-electron chi connectivity index (χ2n) is 6.31. The van der Waals surface area contributed by atoms with Gasteiger partial charge in [-0.1, -0.05) is 19.8 Å². The van der Waals surface area contributed by atoms with Crippen molar-refractivity contribution in [2.75, 3.05) is 26.1 Å². The van der Waals surface area contributed by atoms with E-state index in [0.717, 1.165) is 25.7 Å². The number of guanidine groups is 1. The van der Waals surface area contributed by atoms with Gasteiger partial charge in [0.2, 0.25) is 0 Å². The Kier molecular flexibility index (Phi) is 5.71. The van der Waals surface area contributed by atoms with Crippen LogP contribution in [0.5, 0.6) is 11.5 Å². The van der Waals surface area contributed by atoms with Gasteiger partial charge in [0.1, 0.15) is 11.5 Å². The van der Waals surface area contributed by atoms with Crippen molar-refractivity contribution in [3.8, 4) is 11.5 Å².